The first-order chi connectivity index (χ1) is 49.4. The standard InChI is InChI=1S/C15H16O.C11H15Cl.C11H15F.C11H16.2C10H13Br.C10H14O.C10H14.C9H11Br/c1-12(2)13-8-10-15(11-9-13)16-14-6-4-3-5-7-14;1-9(2)3-4-10-5-7-11(12)8-6-10;1-9(2)6-7-10-4-3-5-11(12)8-10;1-10(2)8-9-11-6-4-3-5-7-11;1-8(2)7-9-3-5-10(11)6-4-9;1-8(2)6-9-4-3-5-10(11)7-9;1-8(2)9-5-4-6-10(7-9)11-3;1-8(2)10-6-4-5-9(3)7-10;1-7(2)8-3-5-9(10)6-4-8/h3-12H,1-2H3;5-9H,3-4H2,1-2H3;3-5,8-9H,6-7H2,1-2H3;3-7,10H,8-9H2,1-2H3;3-6,8H,7H2,1-2H3;3-5,7-8H,6H2,1-2H3;4-8H,1-3H3;4-8H,1-3H3;3-7H,1-2H3. The lowest BCUT2D eigenvalue weighted by Crippen LogP contribution is -1.92. The topological polar surface area (TPSA) is 18.5 Å². The molecule has 0 aliphatic carbocycles. The van der Waals surface area contributed by atoms with Crippen LogP contribution in [0.1, 0.15) is 223 Å². The van der Waals surface area contributed by atoms with Crippen LogP contribution in [-0.4, -0.2) is 7.11 Å². The van der Waals surface area contributed by atoms with Crippen molar-refractivity contribution in [3.8, 4) is 17.2 Å². The van der Waals surface area contributed by atoms with E-state index in [9.17, 15) is 4.39 Å². The van der Waals surface area contributed by atoms with E-state index in [0.29, 0.717) is 29.6 Å². The van der Waals surface area contributed by atoms with Crippen LogP contribution in [0.25, 0.3) is 0 Å². The maximum absolute atomic E-state index is 12.7. The fourth-order valence-electron chi connectivity index (χ4n) is 10.0. The molecule has 0 saturated heterocycles. The van der Waals surface area contributed by atoms with Gasteiger partial charge in [0.15, 0.2) is 0 Å². The summed E-state index contributed by atoms with van der Waals surface area (Å²) < 4.78 is 27.0. The molecule has 7 heteroatoms. The van der Waals surface area contributed by atoms with Crippen molar-refractivity contribution in [3.63, 3.8) is 0 Å². The Morgan fingerprint density at radius 3 is 1.12 bits per heavy atom. The van der Waals surface area contributed by atoms with Crippen LogP contribution in [0.15, 0.2) is 268 Å². The predicted octanol–water partition coefficient (Wildman–Crippen LogP) is 32.0. The molecule has 0 radical (unpaired) electrons. The van der Waals surface area contributed by atoms with Gasteiger partial charge in [-0.3, -0.25) is 0 Å². The first-order valence-electron chi connectivity index (χ1n) is 37.7. The zero-order valence-corrected chi connectivity index (χ0v) is 72.3. The summed E-state index contributed by atoms with van der Waals surface area (Å²) in [6.45, 7) is 42.0. The summed E-state index contributed by atoms with van der Waals surface area (Å²) in [4.78, 5) is 0. The third-order valence-electron chi connectivity index (χ3n) is 16.3. The number of methoxy groups -OCH3 is 1. The molecule has 0 aliphatic rings. The Hall–Kier alpha value is -6.54. The van der Waals surface area contributed by atoms with E-state index in [0.717, 1.165) is 79.7 Å². The van der Waals surface area contributed by atoms with Crippen LogP contribution in [0.4, 0.5) is 4.39 Å². The molecule has 562 valence electrons. The third kappa shape index (κ3) is 47.1. The van der Waals surface area contributed by atoms with E-state index in [1.807, 2.05) is 72.8 Å². The average molecular weight is 1620 g/mol. The summed E-state index contributed by atoms with van der Waals surface area (Å²) in [6, 6.07) is 86.1. The summed E-state index contributed by atoms with van der Waals surface area (Å²) >= 11 is 16.0. The zero-order chi connectivity index (χ0) is 77.4. The van der Waals surface area contributed by atoms with Gasteiger partial charge in [0.05, 0.1) is 7.11 Å². The van der Waals surface area contributed by atoms with E-state index in [4.69, 9.17) is 21.1 Å². The molecule has 0 unspecified atom stereocenters. The lowest BCUT2D eigenvalue weighted by atomic mass is 10.0. The quantitative estimate of drug-likeness (QED) is 0.0757. The SMILES string of the molecule is CC(C)CCc1ccc(Cl)cc1.CC(C)CCc1cccc(F)c1.CC(C)CCc1ccccc1.CC(C)Cc1ccc(Br)cc1.CC(C)Cc1cccc(Br)c1.CC(C)c1ccc(Br)cc1.CC(C)c1ccc(Oc2ccccc2)cc1.COc1cccc(C(C)C)c1.Cc1cccc(C(C)C)c1. The molecule has 0 heterocycles. The van der Waals surface area contributed by atoms with Crippen LogP contribution in [0.5, 0.6) is 17.2 Å². The Morgan fingerprint density at radius 2 is 0.683 bits per heavy atom. The van der Waals surface area contributed by atoms with Crippen molar-refractivity contribution in [1.82, 2.24) is 0 Å². The van der Waals surface area contributed by atoms with Gasteiger partial charge < -0.3 is 9.47 Å². The van der Waals surface area contributed by atoms with Gasteiger partial charge in [-0.05, 0) is 259 Å². The van der Waals surface area contributed by atoms with Gasteiger partial charge in [0.25, 0.3) is 0 Å². The Labute approximate surface area is 663 Å². The molecule has 104 heavy (non-hydrogen) atoms. The van der Waals surface area contributed by atoms with Crippen molar-refractivity contribution < 1.29 is 13.9 Å². The minimum absolute atomic E-state index is 0.128. The van der Waals surface area contributed by atoms with Crippen LogP contribution in [0.2, 0.25) is 5.02 Å². The molecule has 0 amide bonds. The summed E-state index contributed by atoms with van der Waals surface area (Å²) in [6.07, 6.45) is 9.38. The van der Waals surface area contributed by atoms with E-state index < -0.39 is 0 Å². The van der Waals surface area contributed by atoms with Crippen molar-refractivity contribution in [3.05, 3.63) is 335 Å². The van der Waals surface area contributed by atoms with Gasteiger partial charge in [0, 0.05) is 18.4 Å². The number of hydrogen-bond donors (Lipinski definition) is 0. The van der Waals surface area contributed by atoms with Gasteiger partial charge in [0.2, 0.25) is 0 Å². The fraction of sp³-hybridized carbons (Fsp3) is 0.381. The van der Waals surface area contributed by atoms with Crippen molar-refractivity contribution >= 4 is 59.4 Å². The zero-order valence-electron chi connectivity index (χ0n) is 66.8. The lowest BCUT2D eigenvalue weighted by molar-refractivity contribution is 0.414. The number of para-hydroxylation sites is 1. The van der Waals surface area contributed by atoms with Crippen molar-refractivity contribution in [2.45, 2.75) is 207 Å². The molecular weight excluding hydrogens is 1490 g/mol. The second kappa shape index (κ2) is 55.0. The number of hydrogen-bond acceptors (Lipinski definition) is 2. The highest BCUT2D eigenvalue weighted by Gasteiger charge is 2.05. The smallest absolute Gasteiger partial charge is 0.127 e. The normalized spacial score (nSPS) is 10.5. The summed E-state index contributed by atoms with van der Waals surface area (Å²) in [5, 5.41) is 0.822. The molecule has 10 aromatic carbocycles. The highest BCUT2D eigenvalue weighted by molar-refractivity contribution is 9.11. The molecule has 10 rings (SSSR count). The minimum atomic E-state index is -0.128. The second-order valence-electron chi connectivity index (χ2n) is 29.8. The van der Waals surface area contributed by atoms with Gasteiger partial charge in [-0.2, -0.15) is 0 Å². The Morgan fingerprint density at radius 1 is 0.308 bits per heavy atom. The first-order valence-corrected chi connectivity index (χ1v) is 40.5. The van der Waals surface area contributed by atoms with E-state index in [1.165, 1.54) is 92.7 Å². The summed E-state index contributed by atoms with van der Waals surface area (Å²) in [5.74, 6) is 8.76. The van der Waals surface area contributed by atoms with E-state index in [-0.39, 0.29) is 5.82 Å². The largest absolute Gasteiger partial charge is 0.497 e. The molecule has 0 bridgehead atoms. The highest BCUT2D eigenvalue weighted by Crippen LogP contribution is 2.25. The van der Waals surface area contributed by atoms with E-state index >= 15 is 0 Å². The molecule has 0 aromatic heterocycles. The predicted molar refractivity (Wildman–Crippen MR) is 467 cm³/mol. The molecule has 0 aliphatic heterocycles. The monoisotopic (exact) mass is 1610 g/mol. The molecule has 0 spiro atoms. The molecule has 0 saturated carbocycles. The van der Waals surface area contributed by atoms with Gasteiger partial charge in [-0.1, -0.05) is 347 Å². The van der Waals surface area contributed by atoms with Gasteiger partial charge in [-0.15, -0.1) is 0 Å². The van der Waals surface area contributed by atoms with Gasteiger partial charge in [-0.25, -0.2) is 4.39 Å². The number of benzene rings is 10. The van der Waals surface area contributed by atoms with Crippen molar-refractivity contribution in [2.75, 3.05) is 7.11 Å². The number of halogens is 5. The molecule has 0 fully saturated rings. The van der Waals surface area contributed by atoms with Crippen LogP contribution in [0.3, 0.4) is 0 Å². The highest BCUT2D eigenvalue weighted by atomic mass is 79.9. The van der Waals surface area contributed by atoms with Crippen molar-refractivity contribution in [2.24, 2.45) is 29.6 Å². The second-order valence-corrected chi connectivity index (χ2v) is 33.0. The van der Waals surface area contributed by atoms with E-state index in [2.05, 4.69) is 343 Å². The fourth-order valence-corrected chi connectivity index (χ4v) is 11.1. The van der Waals surface area contributed by atoms with Crippen molar-refractivity contribution in [1.29, 1.82) is 0 Å². The first kappa shape index (κ1) is 93.5. The number of ether oxygens (including phenoxy) is 2. The summed E-state index contributed by atoms with van der Waals surface area (Å²) in [7, 11) is 1.69. The van der Waals surface area contributed by atoms with Crippen LogP contribution < -0.4 is 9.47 Å². The molecule has 10 aromatic rings. The lowest BCUT2D eigenvalue weighted by Gasteiger charge is -2.08. The maximum Gasteiger partial charge on any atom is 0.127 e. The Bertz CT molecular complexity index is 3730. The van der Waals surface area contributed by atoms with E-state index in [1.54, 1.807) is 19.2 Å². The maximum atomic E-state index is 12.7. The number of rotatable bonds is 20. The molecular formula is C97H127Br3ClFO2. The van der Waals surface area contributed by atoms with Gasteiger partial charge >= 0.3 is 0 Å². The van der Waals surface area contributed by atoms with Crippen LogP contribution in [0, 0.1) is 42.3 Å². The summed E-state index contributed by atoms with van der Waals surface area (Å²) in [5.41, 5.74) is 13.6. The third-order valence-corrected chi connectivity index (χ3v) is 18.1. The molecule has 0 N–H and O–H groups in total. The minimum Gasteiger partial charge on any atom is -0.497 e. The Balaban J connectivity index is 0.000000399. The molecule has 0 atom stereocenters. The van der Waals surface area contributed by atoms with Crippen LogP contribution >= 0.6 is 59.4 Å². The van der Waals surface area contributed by atoms with Gasteiger partial charge in [0.1, 0.15) is 23.1 Å². The average Bonchev–Trinajstić information content (AvgIpc) is 0.880. The number of aryl methyl sites for hydroxylation is 4. The molecule has 2 nitrogen and oxygen atoms in total. The van der Waals surface area contributed by atoms with Crippen LogP contribution in [-0.2, 0) is 32.1 Å². The Kier molecular flexibility index (Phi) is 49.4.